The van der Waals surface area contributed by atoms with Gasteiger partial charge in [0.05, 0.1) is 0 Å². The van der Waals surface area contributed by atoms with Crippen molar-refractivity contribution in [2.75, 3.05) is 0 Å². The molecule has 8 heavy (non-hydrogen) atoms. The zero-order valence-corrected chi connectivity index (χ0v) is 6.25. The summed E-state index contributed by atoms with van der Waals surface area (Å²) in [4.78, 5) is 9.80. The molecule has 0 radical (unpaired) electrons. The molecule has 0 aliphatic carbocycles. The fourth-order valence-electron chi connectivity index (χ4n) is 0.0781. The van der Waals surface area contributed by atoms with E-state index in [-0.39, 0.29) is 6.15 Å². The molecule has 5 heteroatoms. The van der Waals surface area contributed by atoms with Crippen molar-refractivity contribution >= 4 is 22.0 Å². The molecule has 0 aliphatic rings. The molecule has 0 aliphatic heterocycles. The molecule has 4 nitrogen and oxygen atoms in total. The molecule has 0 saturated carbocycles. The number of hydrogen-bond donors (Lipinski definition) is 3. The van der Waals surface area contributed by atoms with Gasteiger partial charge in [-0.1, -0.05) is 0 Å². The van der Waals surface area contributed by atoms with E-state index in [1.54, 1.807) is 0 Å². The van der Waals surface area contributed by atoms with Gasteiger partial charge in [-0.3, -0.25) is 0 Å². The summed E-state index contributed by atoms with van der Waals surface area (Å²) in [5.41, 5.74) is 5.00. The van der Waals surface area contributed by atoms with Gasteiger partial charge in [-0.15, -0.1) is 0 Å². The standard InChI is InChI=1S/C3H7NO2Se.H3N/c4-2(1-7)3(5)6;/h2,7H,1,4H2,(H,5,6);1H3/t2-;/m0./s1. The normalized spacial score (nSPS) is 11.8. The van der Waals surface area contributed by atoms with Crippen LogP contribution in [-0.2, 0) is 4.79 Å². The molecular formula is C3H10N2O2Se. The summed E-state index contributed by atoms with van der Waals surface area (Å²) in [6.07, 6.45) is 0. The van der Waals surface area contributed by atoms with Gasteiger partial charge in [-0.05, 0) is 0 Å². The zero-order valence-electron chi connectivity index (χ0n) is 4.37. The molecule has 0 rings (SSSR count). The Bertz CT molecular complexity index is 77.7. The Morgan fingerprint density at radius 1 is 1.88 bits per heavy atom. The Morgan fingerprint density at radius 2 is 2.25 bits per heavy atom. The molecule has 0 heterocycles. The van der Waals surface area contributed by atoms with Crippen LogP contribution in [0.15, 0.2) is 0 Å². The number of aliphatic carboxylic acids is 1. The van der Waals surface area contributed by atoms with Crippen LogP contribution >= 0.6 is 0 Å². The predicted molar refractivity (Wildman–Crippen MR) is 32.6 cm³/mol. The van der Waals surface area contributed by atoms with Crippen LogP contribution in [0.5, 0.6) is 0 Å². The molecular weight excluding hydrogens is 175 g/mol. The van der Waals surface area contributed by atoms with E-state index in [1.807, 2.05) is 0 Å². The van der Waals surface area contributed by atoms with E-state index >= 15 is 0 Å². The van der Waals surface area contributed by atoms with Crippen LogP contribution in [0.2, 0.25) is 5.32 Å². The van der Waals surface area contributed by atoms with Crippen molar-refractivity contribution in [2.45, 2.75) is 11.4 Å². The SMILES string of the molecule is N.N[C@@H](C[SeH])C(=O)O. The number of rotatable bonds is 2. The molecule has 50 valence electrons. The monoisotopic (exact) mass is 186 g/mol. The predicted octanol–water partition coefficient (Wildman–Crippen LogP) is -1.12. The van der Waals surface area contributed by atoms with E-state index in [0.29, 0.717) is 5.32 Å². The van der Waals surface area contributed by atoms with Gasteiger partial charge in [0.15, 0.2) is 0 Å². The molecule has 0 aromatic rings. The Kier molecular flexibility index (Phi) is 6.83. The maximum atomic E-state index is 9.80. The number of carboxylic acid groups (broad SMARTS) is 1. The summed E-state index contributed by atoms with van der Waals surface area (Å²) in [7, 11) is 0. The quantitative estimate of drug-likeness (QED) is 0.474. The summed E-state index contributed by atoms with van der Waals surface area (Å²) >= 11 is 2.13. The Hall–Kier alpha value is -0.0905. The fraction of sp³-hybridized carbons (Fsp3) is 0.667. The van der Waals surface area contributed by atoms with Crippen molar-refractivity contribution in [2.24, 2.45) is 5.73 Å². The summed E-state index contributed by atoms with van der Waals surface area (Å²) in [6.45, 7) is 0. The molecule has 0 aromatic heterocycles. The van der Waals surface area contributed by atoms with E-state index in [4.69, 9.17) is 10.8 Å². The van der Waals surface area contributed by atoms with E-state index in [1.165, 1.54) is 0 Å². The number of hydrogen-bond acceptors (Lipinski definition) is 3. The molecule has 6 N–H and O–H groups in total. The third-order valence-corrected chi connectivity index (χ3v) is 1.34. The zero-order chi connectivity index (χ0) is 5.86. The van der Waals surface area contributed by atoms with Gasteiger partial charge in [0.2, 0.25) is 0 Å². The van der Waals surface area contributed by atoms with E-state index in [0.717, 1.165) is 0 Å². The molecule has 0 aromatic carbocycles. The summed E-state index contributed by atoms with van der Waals surface area (Å²) in [5, 5.41) is 8.48. The van der Waals surface area contributed by atoms with Crippen LogP contribution in [0.3, 0.4) is 0 Å². The minimum atomic E-state index is -0.944. The van der Waals surface area contributed by atoms with Crippen LogP contribution < -0.4 is 11.9 Å². The topological polar surface area (TPSA) is 98.3 Å². The molecule has 0 bridgehead atoms. The third-order valence-electron chi connectivity index (χ3n) is 0.514. The van der Waals surface area contributed by atoms with Crippen LogP contribution in [0.1, 0.15) is 0 Å². The van der Waals surface area contributed by atoms with Gasteiger partial charge >= 0.3 is 49.0 Å². The van der Waals surface area contributed by atoms with Gasteiger partial charge in [-0.25, -0.2) is 0 Å². The van der Waals surface area contributed by atoms with E-state index in [9.17, 15) is 4.79 Å². The van der Waals surface area contributed by atoms with Crippen LogP contribution in [0.25, 0.3) is 0 Å². The maximum absolute atomic E-state index is 9.80. The van der Waals surface area contributed by atoms with Crippen molar-refractivity contribution in [1.29, 1.82) is 0 Å². The van der Waals surface area contributed by atoms with E-state index in [2.05, 4.69) is 16.0 Å². The average molecular weight is 185 g/mol. The first-order valence-corrected chi connectivity index (χ1v) is 3.10. The first-order valence-electron chi connectivity index (χ1n) is 1.77. The Balaban J connectivity index is 0. The minimum absolute atomic E-state index is 0. The van der Waals surface area contributed by atoms with Gasteiger partial charge in [-0.2, -0.15) is 0 Å². The van der Waals surface area contributed by atoms with Gasteiger partial charge in [0, 0.05) is 0 Å². The molecule has 0 spiro atoms. The van der Waals surface area contributed by atoms with Gasteiger partial charge < -0.3 is 6.15 Å². The molecule has 0 amide bonds. The molecule has 1 atom stereocenters. The van der Waals surface area contributed by atoms with Crippen molar-refractivity contribution in [3.05, 3.63) is 0 Å². The van der Waals surface area contributed by atoms with Crippen molar-refractivity contribution in [3.8, 4) is 0 Å². The summed E-state index contributed by atoms with van der Waals surface area (Å²) < 4.78 is 0. The second kappa shape index (κ2) is 5.05. The van der Waals surface area contributed by atoms with Crippen LogP contribution in [0, 0.1) is 0 Å². The van der Waals surface area contributed by atoms with Crippen LogP contribution in [0.4, 0.5) is 0 Å². The average Bonchev–Trinajstić information content (AvgIpc) is 1.65. The summed E-state index contributed by atoms with van der Waals surface area (Å²) in [5.74, 6) is -0.944. The number of carboxylic acids is 1. The van der Waals surface area contributed by atoms with Crippen molar-refractivity contribution in [1.82, 2.24) is 6.15 Å². The van der Waals surface area contributed by atoms with Gasteiger partial charge in [0.1, 0.15) is 0 Å². The first kappa shape index (κ1) is 10.8. The Labute approximate surface area is 55.8 Å². The van der Waals surface area contributed by atoms with Crippen molar-refractivity contribution in [3.63, 3.8) is 0 Å². The second-order valence-electron chi connectivity index (χ2n) is 1.13. The van der Waals surface area contributed by atoms with Crippen LogP contribution in [-0.4, -0.2) is 33.1 Å². The molecule has 0 fully saturated rings. The first-order chi connectivity index (χ1) is 3.18. The number of carbonyl (C=O) groups is 1. The second-order valence-corrected chi connectivity index (χ2v) is 1.89. The number of nitrogens with two attached hydrogens (primary N) is 1. The van der Waals surface area contributed by atoms with E-state index < -0.39 is 12.0 Å². The summed E-state index contributed by atoms with van der Waals surface area (Å²) in [6, 6.07) is -0.708. The molecule has 0 unspecified atom stereocenters. The van der Waals surface area contributed by atoms with Crippen molar-refractivity contribution < 1.29 is 9.90 Å². The fourth-order valence-corrected chi connectivity index (χ4v) is 0.406. The Morgan fingerprint density at radius 3 is 2.25 bits per heavy atom. The molecule has 0 saturated heterocycles. The van der Waals surface area contributed by atoms with Gasteiger partial charge in [0.25, 0.3) is 0 Å². The third kappa shape index (κ3) is 4.08.